The maximum Gasteiger partial charge on any atom is 0.306 e. The molecule has 0 rings (SSSR count). The molecule has 0 saturated heterocycles. The fourth-order valence-electron chi connectivity index (χ4n) is 5.04. The summed E-state index contributed by atoms with van der Waals surface area (Å²) in [5.74, 6) is -2.99. The summed E-state index contributed by atoms with van der Waals surface area (Å²) in [5, 5.41) is 28.2. The second-order valence-corrected chi connectivity index (χ2v) is 17.1. The van der Waals surface area contributed by atoms with Crippen molar-refractivity contribution >= 4 is 20.0 Å². The molecule has 0 spiro atoms. The zero-order valence-electron chi connectivity index (χ0n) is 24.3. The molecule has 0 radical (unpaired) electrons. The van der Waals surface area contributed by atoms with E-state index in [4.69, 9.17) is 14.9 Å². The molecule has 3 N–H and O–H groups in total. The SMILES string of the molecule is C=C(O)C(CC(=O)O)(CC(=O)O)OCCC[Si](C)(C)CCCCCCCCCCCCCCCCCC. The van der Waals surface area contributed by atoms with Crippen molar-refractivity contribution in [3.63, 3.8) is 0 Å². The Morgan fingerprint density at radius 1 is 0.649 bits per heavy atom. The van der Waals surface area contributed by atoms with Gasteiger partial charge in [-0.25, -0.2) is 0 Å². The third-order valence-corrected chi connectivity index (χ3v) is 10.9. The molecule has 6 nitrogen and oxygen atoms in total. The quantitative estimate of drug-likeness (QED) is 0.0543. The first-order valence-electron chi connectivity index (χ1n) is 15.0. The second-order valence-electron chi connectivity index (χ2n) is 11.8. The lowest BCUT2D eigenvalue weighted by Crippen LogP contribution is -2.40. The number of carbonyl (C=O) groups is 2. The molecule has 218 valence electrons. The van der Waals surface area contributed by atoms with E-state index in [1.54, 1.807) is 0 Å². The van der Waals surface area contributed by atoms with Gasteiger partial charge in [-0.2, -0.15) is 0 Å². The maximum absolute atomic E-state index is 11.2. The van der Waals surface area contributed by atoms with Gasteiger partial charge in [-0.3, -0.25) is 9.59 Å². The highest BCUT2D eigenvalue weighted by molar-refractivity contribution is 6.77. The molecule has 0 aromatic carbocycles. The Hall–Kier alpha value is -1.34. The molecule has 0 aliphatic carbocycles. The fraction of sp³-hybridized carbons (Fsp3) is 0.867. The molecule has 0 bridgehead atoms. The molecule has 0 aliphatic heterocycles. The van der Waals surface area contributed by atoms with Crippen molar-refractivity contribution in [2.24, 2.45) is 0 Å². The summed E-state index contributed by atoms with van der Waals surface area (Å²) in [7, 11) is -1.40. The molecule has 0 fully saturated rings. The van der Waals surface area contributed by atoms with E-state index in [1.807, 2.05) is 0 Å². The van der Waals surface area contributed by atoms with Crippen molar-refractivity contribution in [1.82, 2.24) is 0 Å². The summed E-state index contributed by atoms with van der Waals surface area (Å²) in [6, 6.07) is 2.29. The summed E-state index contributed by atoms with van der Waals surface area (Å²) in [6.45, 7) is 10.6. The molecule has 0 aromatic rings. The van der Waals surface area contributed by atoms with Crippen LogP contribution >= 0.6 is 0 Å². The van der Waals surface area contributed by atoms with Gasteiger partial charge in [0.15, 0.2) is 0 Å². The summed E-state index contributed by atoms with van der Waals surface area (Å²) < 4.78 is 5.65. The van der Waals surface area contributed by atoms with E-state index >= 15 is 0 Å². The fourth-order valence-corrected chi connectivity index (χ4v) is 7.59. The van der Waals surface area contributed by atoms with Gasteiger partial charge < -0.3 is 20.1 Å². The number of aliphatic carboxylic acids is 2. The van der Waals surface area contributed by atoms with Crippen LogP contribution in [0, 0.1) is 0 Å². The lowest BCUT2D eigenvalue weighted by Gasteiger charge is -2.31. The van der Waals surface area contributed by atoms with Gasteiger partial charge in [0.1, 0.15) is 11.4 Å². The van der Waals surface area contributed by atoms with Crippen molar-refractivity contribution in [3.8, 4) is 0 Å². The minimum absolute atomic E-state index is 0.218. The van der Waals surface area contributed by atoms with Crippen LogP contribution < -0.4 is 0 Å². The molecule has 37 heavy (non-hydrogen) atoms. The molecule has 0 saturated carbocycles. The van der Waals surface area contributed by atoms with E-state index in [0.717, 1.165) is 12.5 Å². The van der Waals surface area contributed by atoms with Crippen LogP contribution in [0.1, 0.15) is 129 Å². The van der Waals surface area contributed by atoms with E-state index in [9.17, 15) is 14.7 Å². The Kier molecular flexibility index (Phi) is 20.8. The van der Waals surface area contributed by atoms with Crippen LogP contribution in [0.5, 0.6) is 0 Å². The standard InChI is InChI=1S/C30H58O6Si/c1-5-6-7-8-9-10-11-12-13-14-15-16-17-18-19-20-23-37(3,4)24-21-22-36-30(27(2)31,25-28(32)33)26-29(34)35/h31H,2,5-26H2,1,3-4H3,(H,32,33)(H,34,35). The first-order chi connectivity index (χ1) is 17.5. The van der Waals surface area contributed by atoms with Crippen LogP contribution in [0.25, 0.3) is 0 Å². The van der Waals surface area contributed by atoms with Crippen LogP contribution in [0.2, 0.25) is 25.2 Å². The van der Waals surface area contributed by atoms with Crippen molar-refractivity contribution in [2.75, 3.05) is 6.61 Å². The van der Waals surface area contributed by atoms with E-state index in [1.165, 1.54) is 109 Å². The lowest BCUT2D eigenvalue weighted by molar-refractivity contribution is -0.153. The molecular weight excluding hydrogens is 484 g/mol. The number of unbranched alkanes of at least 4 members (excludes halogenated alkanes) is 15. The minimum Gasteiger partial charge on any atom is -0.510 e. The number of ether oxygens (including phenoxy) is 1. The third kappa shape index (κ3) is 20.3. The van der Waals surface area contributed by atoms with E-state index in [0.29, 0.717) is 0 Å². The first-order valence-corrected chi connectivity index (χ1v) is 18.4. The average molecular weight is 543 g/mol. The second kappa shape index (κ2) is 21.6. The minimum atomic E-state index is -1.77. The predicted molar refractivity (Wildman–Crippen MR) is 156 cm³/mol. The first kappa shape index (κ1) is 35.7. The zero-order valence-corrected chi connectivity index (χ0v) is 25.3. The summed E-state index contributed by atoms with van der Waals surface area (Å²) in [6.07, 6.45) is 21.5. The summed E-state index contributed by atoms with van der Waals surface area (Å²) in [5.41, 5.74) is -1.77. The molecular formula is C30H58O6Si. The number of hydrogen-bond donors (Lipinski definition) is 3. The van der Waals surface area contributed by atoms with E-state index in [-0.39, 0.29) is 6.61 Å². The summed E-state index contributed by atoms with van der Waals surface area (Å²) in [4.78, 5) is 22.4. The van der Waals surface area contributed by atoms with Crippen LogP contribution in [-0.2, 0) is 14.3 Å². The van der Waals surface area contributed by atoms with E-state index < -0.39 is 44.2 Å². The molecule has 0 heterocycles. The largest absolute Gasteiger partial charge is 0.510 e. The van der Waals surface area contributed by atoms with E-state index in [2.05, 4.69) is 26.6 Å². The Bertz CT molecular complexity index is 603. The van der Waals surface area contributed by atoms with Gasteiger partial charge in [-0.05, 0) is 6.42 Å². The maximum atomic E-state index is 11.2. The number of carboxylic acids is 2. The smallest absolute Gasteiger partial charge is 0.306 e. The number of rotatable bonds is 27. The Labute approximate surface area is 228 Å². The highest BCUT2D eigenvalue weighted by Gasteiger charge is 2.40. The topological polar surface area (TPSA) is 104 Å². The van der Waals surface area contributed by atoms with Gasteiger partial charge in [-0.1, -0.05) is 141 Å². The van der Waals surface area contributed by atoms with Gasteiger partial charge >= 0.3 is 11.9 Å². The molecule has 7 heteroatoms. The predicted octanol–water partition coefficient (Wildman–Crippen LogP) is 9.12. The molecule has 0 aromatic heterocycles. The highest BCUT2D eigenvalue weighted by Crippen LogP contribution is 2.29. The number of aliphatic hydroxyl groups is 1. The van der Waals surface area contributed by atoms with Crippen molar-refractivity contribution in [2.45, 2.75) is 160 Å². The Morgan fingerprint density at radius 3 is 1.35 bits per heavy atom. The van der Waals surface area contributed by atoms with Gasteiger partial charge in [0, 0.05) is 14.7 Å². The molecule has 0 unspecified atom stereocenters. The van der Waals surface area contributed by atoms with Crippen LogP contribution in [0.15, 0.2) is 12.3 Å². The Morgan fingerprint density at radius 2 is 1.00 bits per heavy atom. The monoisotopic (exact) mass is 542 g/mol. The lowest BCUT2D eigenvalue weighted by atomic mass is 9.93. The van der Waals surface area contributed by atoms with Gasteiger partial charge in [-0.15, -0.1) is 0 Å². The van der Waals surface area contributed by atoms with Crippen LogP contribution in [-0.4, -0.2) is 47.5 Å². The summed E-state index contributed by atoms with van der Waals surface area (Å²) >= 11 is 0. The van der Waals surface area contributed by atoms with Gasteiger partial charge in [0.25, 0.3) is 0 Å². The van der Waals surface area contributed by atoms with Crippen LogP contribution in [0.3, 0.4) is 0 Å². The highest BCUT2D eigenvalue weighted by atomic mass is 28.3. The van der Waals surface area contributed by atoms with Crippen molar-refractivity contribution in [3.05, 3.63) is 12.3 Å². The molecule has 0 atom stereocenters. The number of aliphatic hydroxyl groups excluding tert-OH is 1. The van der Waals surface area contributed by atoms with Crippen LogP contribution in [0.4, 0.5) is 0 Å². The van der Waals surface area contributed by atoms with Gasteiger partial charge in [0.05, 0.1) is 12.8 Å². The molecule has 0 aliphatic rings. The normalized spacial score (nSPS) is 12.1. The Balaban J connectivity index is 3.86. The van der Waals surface area contributed by atoms with Crippen molar-refractivity contribution < 1.29 is 29.6 Å². The zero-order chi connectivity index (χ0) is 28.0. The third-order valence-electron chi connectivity index (χ3n) is 7.48. The molecule has 0 amide bonds. The van der Waals surface area contributed by atoms with Gasteiger partial charge in [0.2, 0.25) is 0 Å². The number of hydrogen-bond acceptors (Lipinski definition) is 4. The van der Waals surface area contributed by atoms with Crippen molar-refractivity contribution in [1.29, 1.82) is 0 Å². The number of carboxylic acid groups (broad SMARTS) is 2. The average Bonchev–Trinajstić information content (AvgIpc) is 2.80.